The van der Waals surface area contributed by atoms with Gasteiger partial charge in [-0.3, -0.25) is 4.79 Å². The molecule has 1 N–H and O–H groups in total. The van der Waals surface area contributed by atoms with Crippen LogP contribution in [0.1, 0.15) is 13.8 Å². The molecular formula is C12H17FN2O. The molecule has 0 saturated heterocycles. The number of para-hydroxylation sites is 1. The second kappa shape index (κ2) is 6.23. The van der Waals surface area contributed by atoms with Crippen molar-refractivity contribution in [2.45, 2.75) is 13.8 Å². The predicted molar refractivity (Wildman–Crippen MR) is 63.0 cm³/mol. The molecule has 1 aromatic carbocycles. The van der Waals surface area contributed by atoms with E-state index in [1.807, 2.05) is 13.8 Å². The summed E-state index contributed by atoms with van der Waals surface area (Å²) in [6.07, 6.45) is 0. The van der Waals surface area contributed by atoms with E-state index in [4.69, 9.17) is 0 Å². The van der Waals surface area contributed by atoms with E-state index in [0.717, 1.165) is 6.54 Å². The van der Waals surface area contributed by atoms with Crippen LogP contribution in [0.5, 0.6) is 0 Å². The Morgan fingerprint density at radius 3 is 2.62 bits per heavy atom. The average Bonchev–Trinajstić information content (AvgIpc) is 2.30. The minimum absolute atomic E-state index is 0.116. The first-order chi connectivity index (χ1) is 7.70. The first-order valence-corrected chi connectivity index (χ1v) is 5.46. The summed E-state index contributed by atoms with van der Waals surface area (Å²) in [5.74, 6) is -0.483. The smallest absolute Gasteiger partial charge is 0.241 e. The second-order valence-electron chi connectivity index (χ2n) is 3.37. The molecule has 1 amide bonds. The lowest BCUT2D eigenvalue weighted by molar-refractivity contribution is -0.117. The molecule has 0 unspecified atom stereocenters. The zero-order valence-corrected chi connectivity index (χ0v) is 9.66. The number of likely N-dealkylation sites (N-methyl/N-ethyl adjacent to an activating group) is 2. The highest BCUT2D eigenvalue weighted by atomic mass is 19.1. The van der Waals surface area contributed by atoms with Crippen LogP contribution >= 0.6 is 0 Å². The molecule has 0 saturated carbocycles. The molecule has 0 aliphatic carbocycles. The van der Waals surface area contributed by atoms with Gasteiger partial charge in [-0.1, -0.05) is 19.1 Å². The Balaban J connectivity index is 2.82. The summed E-state index contributed by atoms with van der Waals surface area (Å²) in [6, 6.07) is 6.31. The molecule has 16 heavy (non-hydrogen) atoms. The van der Waals surface area contributed by atoms with E-state index in [9.17, 15) is 9.18 Å². The highest BCUT2D eigenvalue weighted by molar-refractivity contribution is 5.94. The first-order valence-electron chi connectivity index (χ1n) is 5.46. The van der Waals surface area contributed by atoms with Gasteiger partial charge in [-0.05, 0) is 25.6 Å². The van der Waals surface area contributed by atoms with Crippen LogP contribution in [0.2, 0.25) is 0 Å². The van der Waals surface area contributed by atoms with Crippen LogP contribution in [0.25, 0.3) is 0 Å². The first kappa shape index (κ1) is 12.6. The highest BCUT2D eigenvalue weighted by Gasteiger charge is 2.15. The van der Waals surface area contributed by atoms with Crippen molar-refractivity contribution >= 4 is 11.6 Å². The van der Waals surface area contributed by atoms with Crippen LogP contribution in [0.4, 0.5) is 10.1 Å². The van der Waals surface area contributed by atoms with Crippen molar-refractivity contribution in [2.75, 3.05) is 24.5 Å². The van der Waals surface area contributed by atoms with Gasteiger partial charge in [-0.2, -0.15) is 0 Å². The quantitative estimate of drug-likeness (QED) is 0.827. The van der Waals surface area contributed by atoms with Crippen LogP contribution in [0.3, 0.4) is 0 Å². The normalized spacial score (nSPS) is 10.2. The number of nitrogens with zero attached hydrogens (tertiary/aromatic N) is 1. The lowest BCUT2D eigenvalue weighted by Crippen LogP contribution is -2.38. The van der Waals surface area contributed by atoms with Crippen LogP contribution in [-0.2, 0) is 4.79 Å². The number of nitrogens with one attached hydrogen (secondary N) is 1. The Kier molecular flexibility index (Phi) is 4.92. The number of carbonyl (C=O) groups excluding carboxylic acids is 1. The molecule has 0 aliphatic rings. The zero-order chi connectivity index (χ0) is 12.0. The van der Waals surface area contributed by atoms with Crippen molar-refractivity contribution in [2.24, 2.45) is 0 Å². The Hall–Kier alpha value is -1.42. The van der Waals surface area contributed by atoms with Gasteiger partial charge in [0.25, 0.3) is 0 Å². The van der Waals surface area contributed by atoms with Gasteiger partial charge >= 0.3 is 0 Å². The summed E-state index contributed by atoms with van der Waals surface area (Å²) >= 11 is 0. The maximum atomic E-state index is 13.5. The number of hydrogen-bond acceptors (Lipinski definition) is 2. The van der Waals surface area contributed by atoms with Gasteiger partial charge in [0.15, 0.2) is 0 Å². The van der Waals surface area contributed by atoms with Crippen LogP contribution in [0, 0.1) is 5.82 Å². The Labute approximate surface area is 95.3 Å². The van der Waals surface area contributed by atoms with Gasteiger partial charge in [-0.25, -0.2) is 4.39 Å². The van der Waals surface area contributed by atoms with E-state index < -0.39 is 0 Å². The van der Waals surface area contributed by atoms with E-state index in [1.165, 1.54) is 11.0 Å². The Morgan fingerprint density at radius 2 is 2.06 bits per heavy atom. The van der Waals surface area contributed by atoms with Crippen molar-refractivity contribution in [1.29, 1.82) is 0 Å². The third-order valence-electron chi connectivity index (χ3n) is 2.29. The summed E-state index contributed by atoms with van der Waals surface area (Å²) in [7, 11) is 0. The van der Waals surface area contributed by atoms with E-state index in [1.54, 1.807) is 18.2 Å². The van der Waals surface area contributed by atoms with Crippen molar-refractivity contribution < 1.29 is 9.18 Å². The number of benzene rings is 1. The Morgan fingerprint density at radius 1 is 1.38 bits per heavy atom. The molecule has 0 radical (unpaired) electrons. The van der Waals surface area contributed by atoms with Gasteiger partial charge in [0.05, 0.1) is 12.2 Å². The third kappa shape index (κ3) is 3.03. The number of amides is 1. The molecule has 1 aromatic rings. The number of halogens is 1. The van der Waals surface area contributed by atoms with Gasteiger partial charge in [-0.15, -0.1) is 0 Å². The highest BCUT2D eigenvalue weighted by Crippen LogP contribution is 2.18. The summed E-state index contributed by atoms with van der Waals surface area (Å²) < 4.78 is 13.5. The average molecular weight is 224 g/mol. The largest absolute Gasteiger partial charge is 0.309 e. The van der Waals surface area contributed by atoms with Crippen LogP contribution in [-0.4, -0.2) is 25.5 Å². The van der Waals surface area contributed by atoms with E-state index in [0.29, 0.717) is 12.2 Å². The molecule has 0 aromatic heterocycles. The SMILES string of the molecule is CCNCC(=O)N(CC)c1ccccc1F. The van der Waals surface area contributed by atoms with E-state index in [-0.39, 0.29) is 18.3 Å². The van der Waals surface area contributed by atoms with Gasteiger partial charge in [0.1, 0.15) is 5.82 Å². The predicted octanol–water partition coefficient (Wildman–Crippen LogP) is 1.79. The monoisotopic (exact) mass is 224 g/mol. The second-order valence-corrected chi connectivity index (χ2v) is 3.37. The van der Waals surface area contributed by atoms with Crippen LogP contribution in [0.15, 0.2) is 24.3 Å². The molecule has 0 heterocycles. The third-order valence-corrected chi connectivity index (χ3v) is 2.29. The van der Waals surface area contributed by atoms with Gasteiger partial charge < -0.3 is 10.2 Å². The molecule has 0 aliphatic heterocycles. The topological polar surface area (TPSA) is 32.3 Å². The fourth-order valence-corrected chi connectivity index (χ4v) is 1.48. The van der Waals surface area contributed by atoms with Crippen LogP contribution < -0.4 is 10.2 Å². The van der Waals surface area contributed by atoms with Gasteiger partial charge in [0, 0.05) is 6.54 Å². The maximum Gasteiger partial charge on any atom is 0.241 e. The van der Waals surface area contributed by atoms with Crippen molar-refractivity contribution in [3.8, 4) is 0 Å². The molecular weight excluding hydrogens is 207 g/mol. The number of carbonyl (C=O) groups is 1. The summed E-state index contributed by atoms with van der Waals surface area (Å²) in [6.45, 7) is 5.17. The number of rotatable bonds is 5. The fraction of sp³-hybridized carbons (Fsp3) is 0.417. The molecule has 0 fully saturated rings. The molecule has 4 heteroatoms. The van der Waals surface area contributed by atoms with Crippen molar-refractivity contribution in [3.05, 3.63) is 30.1 Å². The van der Waals surface area contributed by atoms with Crippen molar-refractivity contribution in [3.63, 3.8) is 0 Å². The molecule has 0 spiro atoms. The molecule has 0 bridgehead atoms. The summed E-state index contributed by atoms with van der Waals surface area (Å²) in [5, 5.41) is 2.94. The summed E-state index contributed by atoms with van der Waals surface area (Å²) in [5.41, 5.74) is 0.341. The minimum atomic E-state index is -0.366. The van der Waals surface area contributed by atoms with E-state index >= 15 is 0 Å². The maximum absolute atomic E-state index is 13.5. The minimum Gasteiger partial charge on any atom is -0.309 e. The number of hydrogen-bond donors (Lipinski definition) is 1. The summed E-state index contributed by atoms with van der Waals surface area (Å²) in [4.78, 5) is 13.2. The zero-order valence-electron chi connectivity index (χ0n) is 9.66. The lowest BCUT2D eigenvalue weighted by atomic mass is 10.2. The number of anilines is 1. The fourth-order valence-electron chi connectivity index (χ4n) is 1.48. The molecule has 1 rings (SSSR count). The van der Waals surface area contributed by atoms with Crippen molar-refractivity contribution in [1.82, 2.24) is 5.32 Å². The molecule has 88 valence electrons. The van der Waals surface area contributed by atoms with Gasteiger partial charge in [0.2, 0.25) is 5.91 Å². The Bertz CT molecular complexity index is 355. The standard InChI is InChI=1S/C12H17FN2O/c1-3-14-9-12(16)15(4-2)11-8-6-5-7-10(11)13/h5-8,14H,3-4,9H2,1-2H3. The lowest BCUT2D eigenvalue weighted by Gasteiger charge is -2.21. The molecule has 3 nitrogen and oxygen atoms in total. The van der Waals surface area contributed by atoms with E-state index in [2.05, 4.69) is 5.32 Å². The molecule has 0 atom stereocenters.